The van der Waals surface area contributed by atoms with Gasteiger partial charge in [-0.15, -0.1) is 0 Å². The van der Waals surface area contributed by atoms with E-state index in [9.17, 15) is 9.59 Å². The van der Waals surface area contributed by atoms with Crippen LogP contribution in [0.4, 0.5) is 0 Å². The molecule has 0 aliphatic rings. The zero-order chi connectivity index (χ0) is 18.3. The van der Waals surface area contributed by atoms with Gasteiger partial charge in [-0.1, -0.05) is 13.8 Å². The van der Waals surface area contributed by atoms with Crippen LogP contribution in [0.25, 0.3) is 0 Å². The van der Waals surface area contributed by atoms with Crippen molar-refractivity contribution in [2.45, 2.75) is 59.0 Å². The number of carbonyl (C=O) groups excluding carboxylic acids is 1. The number of carboxylic acid groups (broad SMARTS) is 1. The number of aliphatic hydroxyl groups excluding tert-OH is 1. The van der Waals surface area contributed by atoms with Gasteiger partial charge in [-0.2, -0.15) is 0 Å². The largest absolute Gasteiger partial charge is 0.481 e. The fourth-order valence-electron chi connectivity index (χ4n) is 1.45. The van der Waals surface area contributed by atoms with Gasteiger partial charge in [-0.25, -0.2) is 0 Å². The molecule has 0 aliphatic carbocycles. The first-order valence-corrected chi connectivity index (χ1v) is 8.08. The Bertz CT molecular complexity index is 318. The van der Waals surface area contributed by atoms with Crippen molar-refractivity contribution >= 4 is 11.9 Å². The van der Waals surface area contributed by atoms with E-state index in [0.29, 0.717) is 25.4 Å². The van der Waals surface area contributed by atoms with Gasteiger partial charge in [0.15, 0.2) is 0 Å². The quantitative estimate of drug-likeness (QED) is 0.449. The minimum atomic E-state index is -0.951. The molecule has 0 aromatic rings. The molecule has 0 rings (SSSR count). The number of rotatable bonds is 11. The Morgan fingerprint density at radius 1 is 1.26 bits per heavy atom. The molecular weight excluding hydrogens is 300 g/mol. The molecule has 0 unspecified atom stereocenters. The summed E-state index contributed by atoms with van der Waals surface area (Å²) in [6.45, 7) is 10.00. The van der Waals surface area contributed by atoms with E-state index in [1.165, 1.54) is 0 Å². The molecule has 0 radical (unpaired) electrons. The molecule has 7 heteroatoms. The number of nitrogens with one attached hydrogen (secondary N) is 1. The van der Waals surface area contributed by atoms with Crippen LogP contribution in [0.2, 0.25) is 0 Å². The molecule has 0 aromatic heterocycles. The third-order valence-corrected chi connectivity index (χ3v) is 2.93. The number of nitrogens with two attached hydrogens (primary N) is 1. The summed E-state index contributed by atoms with van der Waals surface area (Å²) in [5.41, 5.74) is 4.51. The molecule has 0 spiro atoms. The fourth-order valence-corrected chi connectivity index (χ4v) is 1.45. The fraction of sp³-hybridized carbons (Fsp3) is 0.875. The van der Waals surface area contributed by atoms with Gasteiger partial charge in [0, 0.05) is 26.1 Å². The van der Waals surface area contributed by atoms with Gasteiger partial charge in [0.25, 0.3) is 0 Å². The topological polar surface area (TPSA) is 122 Å². The predicted molar refractivity (Wildman–Crippen MR) is 90.1 cm³/mol. The molecule has 0 aromatic carbocycles. The Morgan fingerprint density at radius 3 is 2.26 bits per heavy atom. The average Bonchev–Trinajstić information content (AvgIpc) is 2.44. The van der Waals surface area contributed by atoms with Gasteiger partial charge in [-0.3, -0.25) is 9.59 Å². The lowest BCUT2D eigenvalue weighted by Gasteiger charge is -2.26. The van der Waals surface area contributed by atoms with Gasteiger partial charge in [0.2, 0.25) is 5.91 Å². The Labute approximate surface area is 139 Å². The molecule has 0 atom stereocenters. The number of amides is 1. The van der Waals surface area contributed by atoms with Gasteiger partial charge in [0.1, 0.15) is 0 Å². The van der Waals surface area contributed by atoms with Crippen LogP contribution in [0.1, 0.15) is 53.4 Å². The summed E-state index contributed by atoms with van der Waals surface area (Å²) in [6, 6.07) is 0. The van der Waals surface area contributed by atoms with Crippen molar-refractivity contribution in [1.29, 1.82) is 0 Å². The Kier molecular flexibility index (Phi) is 15.1. The first-order valence-electron chi connectivity index (χ1n) is 8.08. The molecule has 23 heavy (non-hydrogen) atoms. The summed E-state index contributed by atoms with van der Waals surface area (Å²) >= 11 is 0. The van der Waals surface area contributed by atoms with Gasteiger partial charge in [0.05, 0.1) is 18.6 Å². The molecular formula is C16H34N2O5. The molecule has 0 fully saturated rings. The smallest absolute Gasteiger partial charge is 0.303 e. The number of ether oxygens (including phenoxy) is 1. The highest BCUT2D eigenvalue weighted by atomic mass is 16.5. The van der Waals surface area contributed by atoms with Crippen molar-refractivity contribution in [2.24, 2.45) is 11.7 Å². The molecule has 1 amide bonds. The van der Waals surface area contributed by atoms with E-state index in [4.69, 9.17) is 20.7 Å². The van der Waals surface area contributed by atoms with Crippen molar-refractivity contribution in [3.63, 3.8) is 0 Å². The lowest BCUT2D eigenvalue weighted by atomic mass is 10.0. The van der Waals surface area contributed by atoms with Crippen LogP contribution in [-0.4, -0.2) is 54.0 Å². The first-order chi connectivity index (χ1) is 10.6. The second-order valence-corrected chi connectivity index (χ2v) is 6.30. The van der Waals surface area contributed by atoms with Crippen molar-refractivity contribution in [1.82, 2.24) is 5.32 Å². The number of carboxylic acids is 1. The van der Waals surface area contributed by atoms with E-state index in [1.54, 1.807) is 0 Å². The highest BCUT2D eigenvalue weighted by Gasteiger charge is 2.18. The first kappa shape index (κ1) is 24.1. The van der Waals surface area contributed by atoms with Crippen molar-refractivity contribution in [2.75, 3.05) is 26.3 Å². The van der Waals surface area contributed by atoms with E-state index in [2.05, 4.69) is 19.2 Å². The summed E-state index contributed by atoms with van der Waals surface area (Å²) in [7, 11) is 0. The molecule has 0 saturated carbocycles. The van der Waals surface area contributed by atoms with Crippen molar-refractivity contribution in [3.8, 4) is 0 Å². The Morgan fingerprint density at radius 2 is 1.83 bits per heavy atom. The molecule has 0 heterocycles. The number of aliphatic hydroxyl groups is 1. The minimum absolute atomic E-state index is 0.0317. The lowest BCUT2D eigenvalue weighted by molar-refractivity contribution is -0.138. The second-order valence-electron chi connectivity index (χ2n) is 6.30. The maximum Gasteiger partial charge on any atom is 0.303 e. The van der Waals surface area contributed by atoms with Crippen molar-refractivity contribution < 1.29 is 24.5 Å². The molecule has 7 nitrogen and oxygen atoms in total. The SMILES string of the molecule is CC(C)CCOC(C)(C)CCNC(=O)CCC(=O)O.NCCO. The number of hydrogen-bond acceptors (Lipinski definition) is 5. The Balaban J connectivity index is 0. The van der Waals surface area contributed by atoms with Crippen LogP contribution < -0.4 is 11.1 Å². The van der Waals surface area contributed by atoms with E-state index in [1.807, 2.05) is 13.8 Å². The van der Waals surface area contributed by atoms with Crippen LogP contribution in [0.3, 0.4) is 0 Å². The van der Waals surface area contributed by atoms with E-state index in [0.717, 1.165) is 13.0 Å². The molecule has 0 aliphatic heterocycles. The van der Waals surface area contributed by atoms with E-state index >= 15 is 0 Å². The lowest BCUT2D eigenvalue weighted by Crippen LogP contribution is -2.33. The number of aliphatic carboxylic acids is 1. The van der Waals surface area contributed by atoms with Gasteiger partial charge < -0.3 is 26.0 Å². The maximum absolute atomic E-state index is 11.3. The van der Waals surface area contributed by atoms with Crippen LogP contribution in [0.5, 0.6) is 0 Å². The Hall–Kier alpha value is -1.18. The third kappa shape index (κ3) is 20.8. The normalized spacial score (nSPS) is 10.9. The number of carbonyl (C=O) groups is 2. The predicted octanol–water partition coefficient (Wildman–Crippen LogP) is 1.14. The summed E-state index contributed by atoms with van der Waals surface area (Å²) in [5, 5.41) is 18.9. The van der Waals surface area contributed by atoms with Crippen LogP contribution in [0.15, 0.2) is 0 Å². The molecule has 138 valence electrons. The second kappa shape index (κ2) is 14.4. The number of hydrogen-bond donors (Lipinski definition) is 4. The van der Waals surface area contributed by atoms with Gasteiger partial charge >= 0.3 is 5.97 Å². The van der Waals surface area contributed by atoms with Crippen LogP contribution in [0, 0.1) is 5.92 Å². The molecule has 0 bridgehead atoms. The summed E-state index contributed by atoms with van der Waals surface area (Å²) in [6.07, 6.45) is 1.64. The summed E-state index contributed by atoms with van der Waals surface area (Å²) in [5.74, 6) is -0.556. The standard InChI is InChI=1S/C14H27NO4.C2H7NO/c1-11(2)7-10-19-14(3,4)8-9-15-12(16)5-6-13(17)18;3-1-2-4/h11H,5-10H2,1-4H3,(H,15,16)(H,17,18);4H,1-3H2. The summed E-state index contributed by atoms with van der Waals surface area (Å²) < 4.78 is 5.77. The zero-order valence-corrected chi connectivity index (χ0v) is 14.9. The van der Waals surface area contributed by atoms with Crippen LogP contribution in [-0.2, 0) is 14.3 Å². The zero-order valence-electron chi connectivity index (χ0n) is 14.9. The highest BCUT2D eigenvalue weighted by molar-refractivity contribution is 5.80. The molecule has 5 N–H and O–H groups in total. The molecule has 0 saturated heterocycles. The third-order valence-electron chi connectivity index (χ3n) is 2.93. The van der Waals surface area contributed by atoms with Crippen LogP contribution >= 0.6 is 0 Å². The maximum atomic E-state index is 11.3. The van der Waals surface area contributed by atoms with Crippen molar-refractivity contribution in [3.05, 3.63) is 0 Å². The average molecular weight is 334 g/mol. The monoisotopic (exact) mass is 334 g/mol. The highest BCUT2D eigenvalue weighted by Crippen LogP contribution is 2.15. The van der Waals surface area contributed by atoms with E-state index < -0.39 is 5.97 Å². The van der Waals surface area contributed by atoms with E-state index in [-0.39, 0.29) is 31.0 Å². The summed E-state index contributed by atoms with van der Waals surface area (Å²) in [4.78, 5) is 21.6. The van der Waals surface area contributed by atoms with Gasteiger partial charge in [-0.05, 0) is 32.6 Å². The minimum Gasteiger partial charge on any atom is -0.481 e.